The fourth-order valence-corrected chi connectivity index (χ4v) is 3.18. The lowest BCUT2D eigenvalue weighted by Crippen LogP contribution is -2.16. The number of carbonyl (C=O) groups is 2. The van der Waals surface area contributed by atoms with Gasteiger partial charge in [-0.3, -0.25) is 14.2 Å². The molecule has 146 valence electrons. The van der Waals surface area contributed by atoms with E-state index in [1.165, 1.54) is 6.92 Å². The molecule has 0 spiro atoms. The van der Waals surface area contributed by atoms with Crippen LogP contribution in [0.15, 0.2) is 36.5 Å². The van der Waals surface area contributed by atoms with Crippen LogP contribution in [0.25, 0.3) is 16.9 Å². The minimum Gasteiger partial charge on any atom is -0.462 e. The quantitative estimate of drug-likeness (QED) is 0.457. The zero-order chi connectivity index (χ0) is 20.3. The molecule has 0 aliphatic carbocycles. The van der Waals surface area contributed by atoms with E-state index in [9.17, 15) is 9.59 Å². The van der Waals surface area contributed by atoms with Gasteiger partial charge in [0.2, 0.25) is 0 Å². The Hall–Kier alpha value is -3.02. The minimum absolute atomic E-state index is 0.0238. The maximum absolute atomic E-state index is 11.6. The molecule has 0 radical (unpaired) electrons. The molecule has 6 heteroatoms. The van der Waals surface area contributed by atoms with E-state index in [2.05, 4.69) is 9.97 Å². The fourth-order valence-electron chi connectivity index (χ4n) is 3.18. The van der Waals surface area contributed by atoms with Gasteiger partial charge in [0.15, 0.2) is 11.4 Å². The predicted molar refractivity (Wildman–Crippen MR) is 108 cm³/mol. The number of benzene rings is 1. The second-order valence-electron chi connectivity index (χ2n) is 6.86. The standard InChI is InChI=1S/C22H25N3O3/c1-5-20-24-19-12-17(15(4)26)13-23-22(19)25(20)18-9-7-16(8-10-18)11-14(3)28-21(27)6-2/h7-10,12-14H,5-6,11H2,1-4H3. The van der Waals surface area contributed by atoms with E-state index >= 15 is 0 Å². The van der Waals surface area contributed by atoms with Crippen molar-refractivity contribution in [1.82, 2.24) is 14.5 Å². The van der Waals surface area contributed by atoms with Crippen molar-refractivity contribution < 1.29 is 14.3 Å². The van der Waals surface area contributed by atoms with E-state index in [-0.39, 0.29) is 17.9 Å². The molecule has 0 N–H and O–H groups in total. The summed E-state index contributed by atoms with van der Waals surface area (Å²) in [5.41, 5.74) is 4.07. The van der Waals surface area contributed by atoms with E-state index in [1.54, 1.807) is 19.2 Å². The number of aromatic nitrogens is 3. The van der Waals surface area contributed by atoms with Gasteiger partial charge in [0, 0.05) is 36.7 Å². The molecule has 1 atom stereocenters. The first-order valence-electron chi connectivity index (χ1n) is 9.60. The molecule has 2 aromatic heterocycles. The van der Waals surface area contributed by atoms with Crippen molar-refractivity contribution in [2.45, 2.75) is 53.1 Å². The van der Waals surface area contributed by atoms with Crippen LogP contribution in [0.2, 0.25) is 0 Å². The van der Waals surface area contributed by atoms with Crippen LogP contribution in [0.1, 0.15) is 55.9 Å². The van der Waals surface area contributed by atoms with Crippen molar-refractivity contribution in [1.29, 1.82) is 0 Å². The lowest BCUT2D eigenvalue weighted by atomic mass is 10.1. The van der Waals surface area contributed by atoms with Gasteiger partial charge in [-0.1, -0.05) is 26.0 Å². The number of imidazole rings is 1. The van der Waals surface area contributed by atoms with E-state index < -0.39 is 0 Å². The number of pyridine rings is 1. The molecule has 6 nitrogen and oxygen atoms in total. The topological polar surface area (TPSA) is 74.1 Å². The van der Waals surface area contributed by atoms with E-state index in [0.29, 0.717) is 23.9 Å². The van der Waals surface area contributed by atoms with Crippen LogP contribution in [-0.4, -0.2) is 32.4 Å². The third kappa shape index (κ3) is 4.11. The average Bonchev–Trinajstić information content (AvgIpc) is 3.06. The maximum atomic E-state index is 11.6. The van der Waals surface area contributed by atoms with Crippen LogP contribution in [0.3, 0.4) is 0 Å². The number of rotatable bonds is 7. The number of fused-ring (bicyclic) bond motifs is 1. The lowest BCUT2D eigenvalue weighted by Gasteiger charge is -2.13. The van der Waals surface area contributed by atoms with Crippen LogP contribution in [-0.2, 0) is 22.4 Å². The third-order valence-corrected chi connectivity index (χ3v) is 4.63. The molecule has 0 saturated carbocycles. The second-order valence-corrected chi connectivity index (χ2v) is 6.86. The number of aryl methyl sites for hydroxylation is 1. The molecule has 0 bridgehead atoms. The summed E-state index contributed by atoms with van der Waals surface area (Å²) in [6.07, 6.45) is 3.23. The van der Waals surface area contributed by atoms with Crippen LogP contribution < -0.4 is 0 Å². The summed E-state index contributed by atoms with van der Waals surface area (Å²) in [5, 5.41) is 0. The lowest BCUT2D eigenvalue weighted by molar-refractivity contribution is -0.147. The Morgan fingerprint density at radius 2 is 1.89 bits per heavy atom. The van der Waals surface area contributed by atoms with Gasteiger partial charge >= 0.3 is 5.97 Å². The molecule has 1 unspecified atom stereocenters. The molecule has 28 heavy (non-hydrogen) atoms. The molecule has 0 amide bonds. The highest BCUT2D eigenvalue weighted by atomic mass is 16.5. The number of nitrogens with zero attached hydrogens (tertiary/aromatic N) is 3. The second kappa shape index (κ2) is 8.33. The van der Waals surface area contributed by atoms with E-state index in [4.69, 9.17) is 4.74 Å². The summed E-state index contributed by atoms with van der Waals surface area (Å²) in [6, 6.07) is 9.88. The summed E-state index contributed by atoms with van der Waals surface area (Å²) >= 11 is 0. The number of carbonyl (C=O) groups excluding carboxylic acids is 2. The van der Waals surface area contributed by atoms with Crippen LogP contribution in [0, 0.1) is 0 Å². The van der Waals surface area contributed by atoms with Crippen molar-refractivity contribution in [3.8, 4) is 5.69 Å². The van der Waals surface area contributed by atoms with Gasteiger partial charge in [-0.2, -0.15) is 0 Å². The first-order chi connectivity index (χ1) is 13.4. The first-order valence-corrected chi connectivity index (χ1v) is 9.60. The van der Waals surface area contributed by atoms with Crippen LogP contribution >= 0.6 is 0 Å². The maximum Gasteiger partial charge on any atom is 0.305 e. The normalized spacial score (nSPS) is 12.1. The summed E-state index contributed by atoms with van der Waals surface area (Å²) in [5.74, 6) is 0.683. The van der Waals surface area contributed by atoms with Crippen molar-refractivity contribution in [3.63, 3.8) is 0 Å². The fraction of sp³-hybridized carbons (Fsp3) is 0.364. The third-order valence-electron chi connectivity index (χ3n) is 4.63. The smallest absolute Gasteiger partial charge is 0.305 e. The summed E-state index contributed by atoms with van der Waals surface area (Å²) < 4.78 is 7.36. The Bertz CT molecular complexity index is 1010. The Morgan fingerprint density at radius 3 is 2.50 bits per heavy atom. The van der Waals surface area contributed by atoms with Crippen LogP contribution in [0.4, 0.5) is 0 Å². The van der Waals surface area contributed by atoms with Gasteiger partial charge in [-0.15, -0.1) is 0 Å². The largest absolute Gasteiger partial charge is 0.462 e. The van der Waals surface area contributed by atoms with Crippen LogP contribution in [0.5, 0.6) is 0 Å². The summed E-state index contributed by atoms with van der Waals surface area (Å²) in [4.78, 5) is 32.2. The molecular weight excluding hydrogens is 354 g/mol. The van der Waals surface area contributed by atoms with Gasteiger partial charge in [-0.05, 0) is 37.6 Å². The number of Topliss-reactive ketones (excluding diaryl/α,β-unsaturated/α-hetero) is 1. The Kier molecular flexibility index (Phi) is 5.87. The van der Waals surface area contributed by atoms with E-state index in [1.807, 2.05) is 42.7 Å². The van der Waals surface area contributed by atoms with Gasteiger partial charge in [0.1, 0.15) is 17.4 Å². The first kappa shape index (κ1) is 19.7. The number of ether oxygens (including phenoxy) is 1. The van der Waals surface area contributed by atoms with Crippen molar-refractivity contribution in [3.05, 3.63) is 53.5 Å². The molecule has 3 aromatic rings. The molecule has 2 heterocycles. The number of esters is 1. The molecule has 0 aliphatic rings. The Balaban J connectivity index is 1.90. The van der Waals surface area contributed by atoms with Crippen molar-refractivity contribution in [2.24, 2.45) is 0 Å². The highest BCUT2D eigenvalue weighted by Gasteiger charge is 2.15. The molecule has 3 rings (SSSR count). The highest BCUT2D eigenvalue weighted by molar-refractivity contribution is 5.96. The summed E-state index contributed by atoms with van der Waals surface area (Å²) in [6.45, 7) is 7.26. The number of hydrogen-bond acceptors (Lipinski definition) is 5. The average molecular weight is 379 g/mol. The van der Waals surface area contributed by atoms with Gasteiger partial charge in [0.05, 0.1) is 0 Å². The Morgan fingerprint density at radius 1 is 1.18 bits per heavy atom. The molecule has 1 aromatic carbocycles. The van der Waals surface area contributed by atoms with Gasteiger partial charge < -0.3 is 4.74 Å². The number of hydrogen-bond donors (Lipinski definition) is 0. The zero-order valence-corrected chi connectivity index (χ0v) is 16.7. The van der Waals surface area contributed by atoms with E-state index in [0.717, 1.165) is 29.1 Å². The van der Waals surface area contributed by atoms with Crippen molar-refractivity contribution >= 4 is 22.9 Å². The molecular formula is C22H25N3O3. The van der Waals surface area contributed by atoms with Gasteiger partial charge in [0.25, 0.3) is 0 Å². The molecule has 0 fully saturated rings. The monoisotopic (exact) mass is 379 g/mol. The SMILES string of the molecule is CCC(=O)OC(C)Cc1ccc(-n2c(CC)nc3cc(C(C)=O)cnc32)cc1. The predicted octanol–water partition coefficient (Wildman–Crippen LogP) is 4.07. The van der Waals surface area contributed by atoms with Gasteiger partial charge in [-0.25, -0.2) is 9.97 Å². The minimum atomic E-state index is -0.183. The number of ketones is 1. The zero-order valence-electron chi connectivity index (χ0n) is 16.7. The molecule has 0 saturated heterocycles. The highest BCUT2D eigenvalue weighted by Crippen LogP contribution is 2.22. The molecule has 0 aliphatic heterocycles. The Labute approximate surface area is 164 Å². The van der Waals surface area contributed by atoms with Crippen molar-refractivity contribution in [2.75, 3.05) is 0 Å². The summed E-state index contributed by atoms with van der Waals surface area (Å²) in [7, 11) is 0.